The van der Waals surface area contributed by atoms with E-state index >= 15 is 0 Å². The van der Waals surface area contributed by atoms with Gasteiger partial charge in [0.25, 0.3) is 0 Å². The zero-order chi connectivity index (χ0) is 12.8. The van der Waals surface area contributed by atoms with Gasteiger partial charge in [-0.05, 0) is 12.8 Å². The Kier molecular flexibility index (Phi) is 14.1. The van der Waals surface area contributed by atoms with E-state index in [9.17, 15) is 4.21 Å². The average Bonchev–Trinajstić information content (AvgIpc) is 2.30. The van der Waals surface area contributed by atoms with Crippen LogP contribution in [-0.4, -0.2) is 27.1 Å². The van der Waals surface area contributed by atoms with E-state index in [0.29, 0.717) is 13.2 Å². The lowest BCUT2D eigenvalue weighted by Crippen LogP contribution is -1.97. The van der Waals surface area contributed by atoms with Gasteiger partial charge in [-0.25, -0.2) is 0 Å². The van der Waals surface area contributed by atoms with Crippen LogP contribution >= 0.6 is 0 Å². The van der Waals surface area contributed by atoms with Crippen LogP contribution in [0.3, 0.4) is 0 Å². The predicted octanol–water partition coefficient (Wildman–Crippen LogP) is 3.03. The van der Waals surface area contributed by atoms with E-state index in [2.05, 4.69) is 4.18 Å². The third-order valence-electron chi connectivity index (χ3n) is 2.74. The summed E-state index contributed by atoms with van der Waals surface area (Å²) in [7, 11) is 0. The fourth-order valence-electron chi connectivity index (χ4n) is 1.76. The molecule has 0 heterocycles. The molecule has 0 aliphatic heterocycles. The maximum atomic E-state index is 10.2. The fourth-order valence-corrected chi connectivity index (χ4v) is 2.02. The molecule has 0 saturated carbocycles. The van der Waals surface area contributed by atoms with Gasteiger partial charge < -0.3 is 5.11 Å². The first-order valence-corrected chi connectivity index (χ1v) is 7.65. The van der Waals surface area contributed by atoms with Crippen LogP contribution in [0.25, 0.3) is 0 Å². The summed E-state index contributed by atoms with van der Waals surface area (Å²) in [5, 5.41) is 8.60. The predicted molar refractivity (Wildman–Crippen MR) is 70.0 cm³/mol. The van der Waals surface area contributed by atoms with Gasteiger partial charge in [-0.2, -0.15) is 4.21 Å². The third-order valence-corrected chi connectivity index (χ3v) is 3.10. The Labute approximate surface area is 107 Å². The number of hydrogen-bond acceptors (Lipinski definition) is 3. The van der Waals surface area contributed by atoms with E-state index in [0.717, 1.165) is 25.7 Å². The number of unbranched alkanes of at least 4 members (excludes halogenated alkanes) is 9. The topological polar surface area (TPSA) is 66.8 Å². The first-order valence-electron chi connectivity index (χ1n) is 6.62. The molecule has 1 unspecified atom stereocenters. The number of hydrogen-bond donors (Lipinski definition) is 2. The van der Waals surface area contributed by atoms with Crippen molar-refractivity contribution in [3.63, 3.8) is 0 Å². The van der Waals surface area contributed by atoms with Crippen molar-refractivity contribution in [1.82, 2.24) is 0 Å². The molecule has 0 fully saturated rings. The molecule has 104 valence electrons. The Morgan fingerprint density at radius 1 is 0.765 bits per heavy atom. The van der Waals surface area contributed by atoms with Gasteiger partial charge in [-0.15, -0.1) is 0 Å². The van der Waals surface area contributed by atoms with Crippen molar-refractivity contribution in [1.29, 1.82) is 0 Å². The second kappa shape index (κ2) is 14.1. The zero-order valence-corrected chi connectivity index (χ0v) is 11.4. The van der Waals surface area contributed by atoms with Crippen molar-refractivity contribution in [2.24, 2.45) is 0 Å². The van der Waals surface area contributed by atoms with Crippen molar-refractivity contribution in [3.05, 3.63) is 0 Å². The molecule has 0 aromatic heterocycles. The Bertz CT molecular complexity index is 176. The number of aliphatic hydroxyl groups is 1. The average molecular weight is 266 g/mol. The Morgan fingerprint density at radius 3 is 1.59 bits per heavy atom. The molecule has 0 bridgehead atoms. The Balaban J connectivity index is 2.91. The summed E-state index contributed by atoms with van der Waals surface area (Å²) in [6.07, 6.45) is 11.5. The molecule has 0 amide bonds. The minimum Gasteiger partial charge on any atom is -0.396 e. The maximum Gasteiger partial charge on any atom is 0.301 e. The van der Waals surface area contributed by atoms with Crippen LogP contribution in [0.4, 0.5) is 0 Å². The lowest BCUT2D eigenvalue weighted by molar-refractivity contribution is 0.282. The minimum absolute atomic E-state index is 0.320. The fraction of sp³-hybridized carbons (Fsp3) is 1.00. The normalized spacial score (nSPS) is 12.8. The third kappa shape index (κ3) is 16.0. The molecule has 0 radical (unpaired) electrons. The highest BCUT2D eigenvalue weighted by molar-refractivity contribution is 7.74. The molecule has 1 atom stereocenters. The molecule has 0 aromatic rings. The molecular formula is C12H26O4S. The molecule has 0 aliphatic carbocycles. The molecule has 0 aliphatic rings. The summed E-state index contributed by atoms with van der Waals surface area (Å²) < 4.78 is 23.0. The van der Waals surface area contributed by atoms with Crippen molar-refractivity contribution in [2.45, 2.75) is 64.2 Å². The summed E-state index contributed by atoms with van der Waals surface area (Å²) in [5.41, 5.74) is 0. The van der Waals surface area contributed by atoms with Crippen LogP contribution < -0.4 is 0 Å². The summed E-state index contributed by atoms with van der Waals surface area (Å²) in [4.78, 5) is 0. The first kappa shape index (κ1) is 17.0. The smallest absolute Gasteiger partial charge is 0.301 e. The largest absolute Gasteiger partial charge is 0.396 e. The van der Waals surface area contributed by atoms with Gasteiger partial charge >= 0.3 is 11.4 Å². The lowest BCUT2D eigenvalue weighted by Gasteiger charge is -2.02. The lowest BCUT2D eigenvalue weighted by atomic mass is 10.1. The van der Waals surface area contributed by atoms with Gasteiger partial charge in [0.05, 0.1) is 6.61 Å². The second-order valence-corrected chi connectivity index (χ2v) is 4.97. The van der Waals surface area contributed by atoms with Crippen LogP contribution in [0.1, 0.15) is 64.2 Å². The van der Waals surface area contributed by atoms with Crippen LogP contribution in [0.2, 0.25) is 0 Å². The zero-order valence-electron chi connectivity index (χ0n) is 10.6. The Morgan fingerprint density at radius 2 is 1.18 bits per heavy atom. The van der Waals surface area contributed by atoms with Gasteiger partial charge in [0.1, 0.15) is 0 Å². The minimum atomic E-state index is -2.10. The van der Waals surface area contributed by atoms with Crippen molar-refractivity contribution < 1.29 is 18.1 Å². The van der Waals surface area contributed by atoms with Crippen molar-refractivity contribution in [2.75, 3.05) is 13.2 Å². The molecule has 17 heavy (non-hydrogen) atoms. The van der Waals surface area contributed by atoms with Gasteiger partial charge in [-0.1, -0.05) is 51.4 Å². The maximum absolute atomic E-state index is 10.2. The monoisotopic (exact) mass is 266 g/mol. The molecule has 0 rings (SSSR count). The summed E-state index contributed by atoms with van der Waals surface area (Å²) in [6.45, 7) is 0.699. The summed E-state index contributed by atoms with van der Waals surface area (Å²) >= 11 is -2.10. The highest BCUT2D eigenvalue weighted by Crippen LogP contribution is 2.10. The summed E-state index contributed by atoms with van der Waals surface area (Å²) in [6, 6.07) is 0. The van der Waals surface area contributed by atoms with E-state index in [1.54, 1.807) is 0 Å². The molecule has 0 saturated heterocycles. The number of aliphatic hydroxyl groups excluding tert-OH is 1. The first-order chi connectivity index (χ1) is 8.27. The SMILES string of the molecule is O=S(O)OCCCCCCCCCCCCO. The van der Waals surface area contributed by atoms with Crippen molar-refractivity contribution >= 4 is 11.4 Å². The van der Waals surface area contributed by atoms with Gasteiger partial charge in [0, 0.05) is 6.61 Å². The van der Waals surface area contributed by atoms with Gasteiger partial charge in [0.2, 0.25) is 0 Å². The van der Waals surface area contributed by atoms with Crippen LogP contribution in [-0.2, 0) is 15.5 Å². The molecule has 0 aromatic carbocycles. The molecule has 4 nitrogen and oxygen atoms in total. The van der Waals surface area contributed by atoms with Crippen molar-refractivity contribution in [3.8, 4) is 0 Å². The molecule has 0 spiro atoms. The highest BCUT2D eigenvalue weighted by Gasteiger charge is 1.95. The van der Waals surface area contributed by atoms with E-state index in [1.165, 1.54) is 38.5 Å². The number of rotatable bonds is 13. The van der Waals surface area contributed by atoms with Crippen LogP contribution in [0.15, 0.2) is 0 Å². The highest BCUT2D eigenvalue weighted by atomic mass is 32.2. The standard InChI is InChI=1S/C12H26O4S/c13-11-9-7-5-3-1-2-4-6-8-10-12-16-17(14)15/h13H,1-12H2,(H,14,15). The van der Waals surface area contributed by atoms with Gasteiger partial charge in [-0.3, -0.25) is 8.74 Å². The van der Waals surface area contributed by atoms with E-state index < -0.39 is 11.4 Å². The van der Waals surface area contributed by atoms with Gasteiger partial charge in [0.15, 0.2) is 0 Å². The molecule has 2 N–H and O–H groups in total. The van der Waals surface area contributed by atoms with E-state index in [1.807, 2.05) is 0 Å². The molecular weight excluding hydrogens is 240 g/mol. The Hall–Kier alpha value is 0.0300. The van der Waals surface area contributed by atoms with Crippen LogP contribution in [0.5, 0.6) is 0 Å². The van der Waals surface area contributed by atoms with E-state index in [-0.39, 0.29) is 0 Å². The quantitative estimate of drug-likeness (QED) is 0.397. The summed E-state index contributed by atoms with van der Waals surface area (Å²) in [5.74, 6) is 0. The van der Waals surface area contributed by atoms with E-state index in [4.69, 9.17) is 9.66 Å². The van der Waals surface area contributed by atoms with Crippen LogP contribution in [0, 0.1) is 0 Å². The second-order valence-electron chi connectivity index (χ2n) is 4.30. The molecule has 5 heteroatoms.